The Labute approximate surface area is 134 Å². The van der Waals surface area contributed by atoms with Crippen LogP contribution in [0.2, 0.25) is 0 Å². The first kappa shape index (κ1) is 13.9. The van der Waals surface area contributed by atoms with Crippen LogP contribution in [0.15, 0.2) is 18.3 Å². The van der Waals surface area contributed by atoms with Gasteiger partial charge in [0.25, 0.3) is 5.91 Å². The van der Waals surface area contributed by atoms with E-state index in [9.17, 15) is 4.79 Å². The molecule has 0 aromatic carbocycles. The van der Waals surface area contributed by atoms with E-state index in [0.717, 1.165) is 48.7 Å². The second-order valence-corrected chi connectivity index (χ2v) is 7.34. The fraction of sp³-hybridized carbons (Fsp3) is 0.471. The zero-order valence-electron chi connectivity index (χ0n) is 12.7. The van der Waals surface area contributed by atoms with E-state index in [1.54, 1.807) is 11.3 Å². The molecule has 1 aliphatic heterocycles. The lowest BCUT2D eigenvalue weighted by molar-refractivity contribution is 0.0795. The largest absolute Gasteiger partial charge is 0.337 e. The summed E-state index contributed by atoms with van der Waals surface area (Å²) in [5.41, 5.74) is 2.38. The second kappa shape index (κ2) is 5.47. The lowest BCUT2D eigenvalue weighted by atomic mass is 10.1. The highest BCUT2D eigenvalue weighted by Gasteiger charge is 2.31. The molecule has 2 aromatic rings. The topological polar surface area (TPSA) is 46.1 Å². The van der Waals surface area contributed by atoms with Crippen molar-refractivity contribution in [2.24, 2.45) is 0 Å². The molecule has 4 nitrogen and oxygen atoms in total. The highest BCUT2D eigenvalue weighted by atomic mass is 32.1. The molecule has 0 saturated carbocycles. The van der Waals surface area contributed by atoms with E-state index < -0.39 is 0 Å². The van der Waals surface area contributed by atoms with Gasteiger partial charge in [-0.15, -0.1) is 11.3 Å². The normalized spacial score (nSPS) is 20.4. The van der Waals surface area contributed by atoms with Crippen molar-refractivity contribution in [2.45, 2.75) is 38.5 Å². The van der Waals surface area contributed by atoms with Crippen LogP contribution < -0.4 is 0 Å². The summed E-state index contributed by atoms with van der Waals surface area (Å²) in [6.07, 6.45) is 6.30. The smallest absolute Gasteiger partial charge is 0.263 e. The van der Waals surface area contributed by atoms with Crippen molar-refractivity contribution in [1.29, 1.82) is 0 Å². The second-order valence-electron chi connectivity index (χ2n) is 6.21. The molecule has 1 aliphatic carbocycles. The molecule has 0 bridgehead atoms. The fourth-order valence-electron chi connectivity index (χ4n) is 3.41. The summed E-state index contributed by atoms with van der Waals surface area (Å²) in [6.45, 7) is 3.53. The number of hydrogen-bond donors (Lipinski definition) is 0. The number of aromatic nitrogens is 2. The standard InChI is InChI=1S/C17H19N3OS/c1-11-5-7-18-16(19-11)13-6-8-20(10-13)17(21)15-9-12-3-2-4-14(12)22-15/h5,7,9,13H,2-4,6,8,10H2,1H3/t13-/m0/s1. The Kier molecular flexibility index (Phi) is 3.45. The molecule has 0 N–H and O–H groups in total. The van der Waals surface area contributed by atoms with Crippen LogP contribution in [0.1, 0.15) is 50.4 Å². The molecule has 22 heavy (non-hydrogen) atoms. The average molecular weight is 313 g/mol. The predicted octanol–water partition coefficient (Wildman–Crippen LogP) is 2.96. The van der Waals surface area contributed by atoms with Gasteiger partial charge in [-0.05, 0) is 50.3 Å². The van der Waals surface area contributed by atoms with Gasteiger partial charge in [-0.3, -0.25) is 4.79 Å². The third kappa shape index (κ3) is 2.43. The van der Waals surface area contributed by atoms with Gasteiger partial charge in [0.15, 0.2) is 0 Å². The van der Waals surface area contributed by atoms with E-state index in [0.29, 0.717) is 0 Å². The van der Waals surface area contributed by atoms with Crippen LogP contribution in [0, 0.1) is 6.92 Å². The number of aryl methyl sites for hydroxylation is 3. The van der Waals surface area contributed by atoms with Gasteiger partial charge in [0, 0.05) is 35.8 Å². The molecule has 0 radical (unpaired) electrons. The molecule has 4 rings (SSSR count). The summed E-state index contributed by atoms with van der Waals surface area (Å²) in [5, 5.41) is 0. The highest BCUT2D eigenvalue weighted by molar-refractivity contribution is 7.14. The first-order valence-corrected chi connectivity index (χ1v) is 8.73. The van der Waals surface area contributed by atoms with E-state index in [2.05, 4.69) is 16.0 Å². The summed E-state index contributed by atoms with van der Waals surface area (Å²) in [4.78, 5) is 25.9. The van der Waals surface area contributed by atoms with Crippen molar-refractivity contribution in [3.8, 4) is 0 Å². The quantitative estimate of drug-likeness (QED) is 0.856. The van der Waals surface area contributed by atoms with Crippen LogP contribution in [0.4, 0.5) is 0 Å². The molecule has 3 heterocycles. The summed E-state index contributed by atoms with van der Waals surface area (Å²) in [7, 11) is 0. The molecule has 1 atom stereocenters. The summed E-state index contributed by atoms with van der Waals surface area (Å²) < 4.78 is 0. The highest BCUT2D eigenvalue weighted by Crippen LogP contribution is 2.33. The van der Waals surface area contributed by atoms with Crippen molar-refractivity contribution in [3.05, 3.63) is 45.2 Å². The molecule has 0 spiro atoms. The van der Waals surface area contributed by atoms with Gasteiger partial charge >= 0.3 is 0 Å². The van der Waals surface area contributed by atoms with Crippen LogP contribution in [0.25, 0.3) is 0 Å². The Bertz CT molecular complexity index is 703. The molecule has 114 valence electrons. The Morgan fingerprint density at radius 2 is 2.32 bits per heavy atom. The van der Waals surface area contributed by atoms with E-state index >= 15 is 0 Å². The molecule has 5 heteroatoms. The molecule has 1 saturated heterocycles. The van der Waals surface area contributed by atoms with Crippen molar-refractivity contribution in [1.82, 2.24) is 14.9 Å². The monoisotopic (exact) mass is 313 g/mol. The number of fused-ring (bicyclic) bond motifs is 1. The van der Waals surface area contributed by atoms with E-state index in [1.807, 2.05) is 24.1 Å². The zero-order chi connectivity index (χ0) is 15.1. The van der Waals surface area contributed by atoms with E-state index in [1.165, 1.54) is 16.9 Å². The number of hydrogen-bond acceptors (Lipinski definition) is 4. The number of nitrogens with zero attached hydrogens (tertiary/aromatic N) is 3. The fourth-order valence-corrected chi connectivity index (χ4v) is 4.63. The maximum atomic E-state index is 12.7. The van der Waals surface area contributed by atoms with Gasteiger partial charge in [0.1, 0.15) is 5.82 Å². The molecule has 0 unspecified atom stereocenters. The third-order valence-electron chi connectivity index (χ3n) is 4.61. The first-order chi connectivity index (χ1) is 10.7. The minimum Gasteiger partial charge on any atom is -0.337 e. The summed E-state index contributed by atoms with van der Waals surface area (Å²) >= 11 is 1.69. The van der Waals surface area contributed by atoms with Gasteiger partial charge < -0.3 is 4.90 Å². The van der Waals surface area contributed by atoms with Crippen molar-refractivity contribution < 1.29 is 4.79 Å². The van der Waals surface area contributed by atoms with Crippen LogP contribution in [-0.2, 0) is 12.8 Å². The van der Waals surface area contributed by atoms with Gasteiger partial charge in [0.05, 0.1) is 4.88 Å². The number of carbonyl (C=O) groups excluding carboxylic acids is 1. The number of thiophene rings is 1. The minimum absolute atomic E-state index is 0.189. The Morgan fingerprint density at radius 3 is 3.14 bits per heavy atom. The predicted molar refractivity (Wildman–Crippen MR) is 86.4 cm³/mol. The number of rotatable bonds is 2. The molecule has 1 fully saturated rings. The zero-order valence-corrected chi connectivity index (χ0v) is 13.5. The van der Waals surface area contributed by atoms with Gasteiger partial charge in [0.2, 0.25) is 0 Å². The third-order valence-corrected chi connectivity index (χ3v) is 5.84. The van der Waals surface area contributed by atoms with E-state index in [-0.39, 0.29) is 11.8 Å². The SMILES string of the molecule is Cc1ccnc([C@H]2CCN(C(=O)c3cc4c(s3)CCC4)C2)n1. The molecule has 2 aliphatic rings. The summed E-state index contributed by atoms with van der Waals surface area (Å²) in [6, 6.07) is 4.03. The molecule has 1 amide bonds. The van der Waals surface area contributed by atoms with E-state index in [4.69, 9.17) is 0 Å². The van der Waals surface area contributed by atoms with Crippen molar-refractivity contribution in [2.75, 3.05) is 13.1 Å². The number of likely N-dealkylation sites (tertiary alicyclic amines) is 1. The van der Waals surface area contributed by atoms with Crippen LogP contribution >= 0.6 is 11.3 Å². The molecule has 2 aromatic heterocycles. The first-order valence-electron chi connectivity index (χ1n) is 7.91. The number of carbonyl (C=O) groups is 1. The van der Waals surface area contributed by atoms with Gasteiger partial charge in [-0.2, -0.15) is 0 Å². The van der Waals surface area contributed by atoms with Gasteiger partial charge in [-0.1, -0.05) is 0 Å². The molecular formula is C17H19N3OS. The van der Waals surface area contributed by atoms with Crippen LogP contribution in [0.5, 0.6) is 0 Å². The van der Waals surface area contributed by atoms with Crippen molar-refractivity contribution >= 4 is 17.2 Å². The lowest BCUT2D eigenvalue weighted by Crippen LogP contribution is -2.28. The summed E-state index contributed by atoms with van der Waals surface area (Å²) in [5.74, 6) is 1.34. The van der Waals surface area contributed by atoms with Gasteiger partial charge in [-0.25, -0.2) is 9.97 Å². The maximum Gasteiger partial charge on any atom is 0.263 e. The molecular weight excluding hydrogens is 294 g/mol. The van der Waals surface area contributed by atoms with Crippen LogP contribution in [-0.4, -0.2) is 33.9 Å². The number of amides is 1. The average Bonchev–Trinajstić information content (AvgIpc) is 3.22. The maximum absolute atomic E-state index is 12.7. The lowest BCUT2D eigenvalue weighted by Gasteiger charge is -2.15. The van der Waals surface area contributed by atoms with Crippen molar-refractivity contribution in [3.63, 3.8) is 0 Å². The van der Waals surface area contributed by atoms with Crippen LogP contribution in [0.3, 0.4) is 0 Å². The minimum atomic E-state index is 0.189. The Morgan fingerprint density at radius 1 is 1.41 bits per heavy atom. The Hall–Kier alpha value is -1.75. The Balaban J connectivity index is 1.49.